The minimum Gasteiger partial charge on any atom is -0.481 e. The molecule has 1 aromatic rings. The molecule has 16 heavy (non-hydrogen) atoms. The second-order valence-corrected chi connectivity index (χ2v) is 4.11. The number of aliphatic carboxylic acids is 1. The third kappa shape index (κ3) is 3.21. The van der Waals surface area contributed by atoms with Gasteiger partial charge in [-0.05, 0) is 18.5 Å². The molecule has 0 aliphatic heterocycles. The number of nitrogens with zero attached hydrogens (tertiary/aromatic N) is 3. The maximum Gasteiger partial charge on any atom is 0.305 e. The lowest BCUT2D eigenvalue weighted by molar-refractivity contribution is -0.137. The molecule has 0 amide bonds. The fraction of sp³-hybridized carbons (Fsp3) is 0.444. The lowest BCUT2D eigenvalue weighted by Crippen LogP contribution is -2.32. The van der Waals surface area contributed by atoms with E-state index >= 15 is 0 Å². The van der Waals surface area contributed by atoms with Gasteiger partial charge in [-0.1, -0.05) is 11.6 Å². The van der Waals surface area contributed by atoms with Crippen LogP contribution in [0.2, 0.25) is 10.3 Å². The fourth-order valence-corrected chi connectivity index (χ4v) is 1.54. The molecule has 1 heterocycles. The monoisotopic (exact) mass is 263 g/mol. The van der Waals surface area contributed by atoms with E-state index in [2.05, 4.69) is 9.97 Å². The highest BCUT2D eigenvalue weighted by Gasteiger charge is 2.17. The number of carboxylic acids is 1. The molecule has 0 saturated heterocycles. The number of halogens is 2. The van der Waals surface area contributed by atoms with Gasteiger partial charge in [-0.15, -0.1) is 0 Å². The van der Waals surface area contributed by atoms with Gasteiger partial charge >= 0.3 is 5.97 Å². The molecule has 0 bridgehead atoms. The average molecular weight is 264 g/mol. The number of hydrogen-bond acceptors (Lipinski definition) is 4. The summed E-state index contributed by atoms with van der Waals surface area (Å²) in [5, 5.41) is 9.10. The van der Waals surface area contributed by atoms with Crippen LogP contribution in [-0.2, 0) is 4.79 Å². The van der Waals surface area contributed by atoms with Gasteiger partial charge < -0.3 is 10.0 Å². The zero-order valence-electron chi connectivity index (χ0n) is 8.81. The predicted molar refractivity (Wildman–Crippen MR) is 62.2 cm³/mol. The van der Waals surface area contributed by atoms with Crippen LogP contribution in [0.4, 0.5) is 5.82 Å². The zero-order valence-corrected chi connectivity index (χ0v) is 10.3. The Morgan fingerprint density at radius 3 is 2.81 bits per heavy atom. The van der Waals surface area contributed by atoms with Crippen LogP contribution in [0.1, 0.15) is 13.3 Å². The molecule has 1 atom stereocenters. The quantitative estimate of drug-likeness (QED) is 0.843. The fourth-order valence-electron chi connectivity index (χ4n) is 1.18. The van der Waals surface area contributed by atoms with E-state index < -0.39 is 5.97 Å². The minimum absolute atomic E-state index is 0.00551. The van der Waals surface area contributed by atoms with Crippen LogP contribution in [0.3, 0.4) is 0 Å². The number of aromatic nitrogens is 2. The first kappa shape index (κ1) is 13.0. The van der Waals surface area contributed by atoms with Crippen LogP contribution in [0.25, 0.3) is 0 Å². The normalized spacial score (nSPS) is 12.2. The molecular weight excluding hydrogens is 253 g/mol. The van der Waals surface area contributed by atoms with E-state index in [9.17, 15) is 4.79 Å². The van der Waals surface area contributed by atoms with Crippen LogP contribution < -0.4 is 4.90 Å². The van der Waals surface area contributed by atoms with Gasteiger partial charge in [0, 0.05) is 13.1 Å². The van der Waals surface area contributed by atoms with Crippen LogP contribution in [0, 0.1) is 0 Å². The molecule has 0 aliphatic rings. The Bertz CT molecular complexity index is 400. The number of anilines is 1. The number of rotatable bonds is 4. The van der Waals surface area contributed by atoms with Crippen molar-refractivity contribution < 1.29 is 9.90 Å². The molecule has 0 aromatic carbocycles. The van der Waals surface area contributed by atoms with Crippen LogP contribution in [0.15, 0.2) is 6.20 Å². The first-order valence-electron chi connectivity index (χ1n) is 4.54. The Balaban J connectivity index is 2.90. The van der Waals surface area contributed by atoms with Gasteiger partial charge in [0.15, 0.2) is 5.82 Å². The molecule has 0 fully saturated rings. The Morgan fingerprint density at radius 1 is 1.62 bits per heavy atom. The molecule has 0 aliphatic carbocycles. The number of hydrogen-bond donors (Lipinski definition) is 1. The largest absolute Gasteiger partial charge is 0.481 e. The topological polar surface area (TPSA) is 66.3 Å². The summed E-state index contributed by atoms with van der Waals surface area (Å²) in [6.45, 7) is 1.76. The molecule has 1 unspecified atom stereocenters. The van der Waals surface area contributed by atoms with Gasteiger partial charge in [0.05, 0.1) is 12.6 Å². The predicted octanol–water partition coefficient (Wildman–Crippen LogP) is 2.08. The number of carboxylic acid groups (broad SMARTS) is 1. The van der Waals surface area contributed by atoms with Gasteiger partial charge in [-0.3, -0.25) is 4.79 Å². The summed E-state index contributed by atoms with van der Waals surface area (Å²) in [5.41, 5.74) is 0. The second kappa shape index (κ2) is 5.32. The lowest BCUT2D eigenvalue weighted by Gasteiger charge is -2.25. The SMILES string of the molecule is CC(CC(=O)O)N(C)c1nc(Cl)ncc1Cl. The Kier molecular flexibility index (Phi) is 4.32. The molecule has 1 N–H and O–H groups in total. The molecule has 7 heteroatoms. The van der Waals surface area contributed by atoms with Crippen molar-refractivity contribution in [1.29, 1.82) is 0 Å². The van der Waals surface area contributed by atoms with Crippen molar-refractivity contribution in [1.82, 2.24) is 9.97 Å². The van der Waals surface area contributed by atoms with Gasteiger partial charge in [0.25, 0.3) is 0 Å². The van der Waals surface area contributed by atoms with Crippen molar-refractivity contribution in [3.8, 4) is 0 Å². The van der Waals surface area contributed by atoms with Gasteiger partial charge in [0.1, 0.15) is 5.02 Å². The Morgan fingerprint density at radius 2 is 2.25 bits per heavy atom. The summed E-state index contributed by atoms with van der Waals surface area (Å²) in [4.78, 5) is 19.9. The first-order chi connectivity index (χ1) is 7.41. The smallest absolute Gasteiger partial charge is 0.305 e. The van der Waals surface area contributed by atoms with Crippen LogP contribution in [-0.4, -0.2) is 34.1 Å². The summed E-state index contributed by atoms with van der Waals surface area (Å²) in [6, 6.07) is -0.235. The van der Waals surface area contributed by atoms with Gasteiger partial charge in [0.2, 0.25) is 5.28 Å². The van der Waals surface area contributed by atoms with E-state index in [1.807, 2.05) is 0 Å². The summed E-state index contributed by atoms with van der Waals surface area (Å²) >= 11 is 11.5. The van der Waals surface area contributed by atoms with E-state index in [-0.39, 0.29) is 17.7 Å². The highest BCUT2D eigenvalue weighted by atomic mass is 35.5. The lowest BCUT2D eigenvalue weighted by atomic mass is 10.2. The zero-order chi connectivity index (χ0) is 12.3. The van der Waals surface area contributed by atoms with Crippen LogP contribution in [0.5, 0.6) is 0 Å². The first-order valence-corrected chi connectivity index (χ1v) is 5.30. The van der Waals surface area contributed by atoms with E-state index in [0.717, 1.165) is 0 Å². The Hall–Kier alpha value is -1.07. The molecule has 1 aromatic heterocycles. The highest BCUT2D eigenvalue weighted by Crippen LogP contribution is 2.24. The van der Waals surface area contributed by atoms with Crippen molar-refractivity contribution in [2.45, 2.75) is 19.4 Å². The number of carbonyl (C=O) groups is 1. The molecular formula is C9H11Cl2N3O2. The van der Waals surface area contributed by atoms with E-state index in [4.69, 9.17) is 28.3 Å². The highest BCUT2D eigenvalue weighted by molar-refractivity contribution is 6.33. The van der Waals surface area contributed by atoms with Crippen molar-refractivity contribution >= 4 is 35.0 Å². The summed E-state index contributed by atoms with van der Waals surface area (Å²) in [5.74, 6) is -0.453. The van der Waals surface area contributed by atoms with Crippen molar-refractivity contribution in [2.24, 2.45) is 0 Å². The molecule has 0 saturated carbocycles. The standard InChI is InChI=1S/C9H11Cl2N3O2/c1-5(3-7(15)16)14(2)8-6(10)4-12-9(11)13-8/h4-5H,3H2,1-2H3,(H,15,16). The minimum atomic E-state index is -0.879. The Labute approximate surface area is 103 Å². The summed E-state index contributed by atoms with van der Waals surface area (Å²) < 4.78 is 0. The maximum absolute atomic E-state index is 10.6. The summed E-state index contributed by atoms with van der Waals surface area (Å²) in [6.07, 6.45) is 1.38. The molecule has 88 valence electrons. The summed E-state index contributed by atoms with van der Waals surface area (Å²) in [7, 11) is 1.71. The van der Waals surface area contributed by atoms with Gasteiger partial charge in [-0.25, -0.2) is 4.98 Å². The van der Waals surface area contributed by atoms with E-state index in [0.29, 0.717) is 10.8 Å². The van der Waals surface area contributed by atoms with Crippen molar-refractivity contribution in [3.63, 3.8) is 0 Å². The van der Waals surface area contributed by atoms with Crippen molar-refractivity contribution in [2.75, 3.05) is 11.9 Å². The second-order valence-electron chi connectivity index (χ2n) is 3.37. The third-order valence-corrected chi connectivity index (χ3v) is 2.61. The van der Waals surface area contributed by atoms with E-state index in [1.165, 1.54) is 6.20 Å². The molecule has 5 nitrogen and oxygen atoms in total. The maximum atomic E-state index is 10.6. The van der Waals surface area contributed by atoms with Crippen molar-refractivity contribution in [3.05, 3.63) is 16.5 Å². The molecule has 0 spiro atoms. The van der Waals surface area contributed by atoms with Gasteiger partial charge in [-0.2, -0.15) is 4.98 Å². The van der Waals surface area contributed by atoms with Crippen LogP contribution >= 0.6 is 23.2 Å². The molecule has 1 rings (SSSR count). The third-order valence-electron chi connectivity index (χ3n) is 2.16. The molecule has 0 radical (unpaired) electrons. The van der Waals surface area contributed by atoms with E-state index in [1.54, 1.807) is 18.9 Å². The average Bonchev–Trinajstić information content (AvgIpc) is 2.19.